The van der Waals surface area contributed by atoms with Crippen molar-refractivity contribution in [2.45, 2.75) is 18.9 Å². The normalized spacial score (nSPS) is 19.0. The van der Waals surface area contributed by atoms with Gasteiger partial charge in [-0.25, -0.2) is 9.18 Å². The molecule has 3 N–H and O–H groups in total. The Hall–Kier alpha value is -3.09. The van der Waals surface area contributed by atoms with E-state index in [1.807, 2.05) is 25.1 Å². The number of halogens is 1. The summed E-state index contributed by atoms with van der Waals surface area (Å²) in [4.78, 5) is 24.4. The van der Waals surface area contributed by atoms with Crippen LogP contribution < -0.4 is 20.7 Å². The maximum absolute atomic E-state index is 12.9. The topological polar surface area (TPSA) is 79.5 Å². The van der Waals surface area contributed by atoms with Gasteiger partial charge in [0.05, 0.1) is 7.11 Å². The third kappa shape index (κ3) is 3.77. The van der Waals surface area contributed by atoms with E-state index in [0.29, 0.717) is 12.2 Å². The fourth-order valence-corrected chi connectivity index (χ4v) is 3.11. The molecule has 0 saturated carbocycles. The van der Waals surface area contributed by atoms with Crippen molar-refractivity contribution in [1.82, 2.24) is 10.6 Å². The number of anilines is 1. The summed E-state index contributed by atoms with van der Waals surface area (Å²) in [6.07, 6.45) is 0. The highest BCUT2D eigenvalue weighted by molar-refractivity contribution is 5.95. The number of rotatable bonds is 4. The molecule has 0 aromatic heterocycles. The van der Waals surface area contributed by atoms with Gasteiger partial charge in [0.25, 0.3) is 0 Å². The van der Waals surface area contributed by atoms with Crippen LogP contribution in [0.15, 0.2) is 42.5 Å². The van der Waals surface area contributed by atoms with Crippen molar-refractivity contribution in [3.05, 3.63) is 59.4 Å². The van der Waals surface area contributed by atoms with Crippen molar-refractivity contribution < 1.29 is 18.7 Å². The fraction of sp³-hybridized carbons (Fsp3) is 0.263. The second-order valence-corrected chi connectivity index (χ2v) is 6.16. The van der Waals surface area contributed by atoms with Gasteiger partial charge in [-0.1, -0.05) is 6.07 Å². The molecule has 7 heteroatoms. The number of benzene rings is 2. The van der Waals surface area contributed by atoms with Crippen LogP contribution in [-0.4, -0.2) is 31.6 Å². The van der Waals surface area contributed by atoms with Crippen molar-refractivity contribution in [2.24, 2.45) is 0 Å². The molecular formula is C19H20FN3O3. The zero-order valence-corrected chi connectivity index (χ0v) is 14.5. The number of hydrogen-bond acceptors (Lipinski definition) is 3. The third-order valence-electron chi connectivity index (χ3n) is 4.45. The smallest absolute Gasteiger partial charge is 0.319 e. The monoisotopic (exact) mass is 357 g/mol. The Morgan fingerprint density at radius 2 is 1.96 bits per heavy atom. The SMILES string of the molecule is COc1ccc([C@@H]2CNC(=O)[C@H]2NC(=O)Nc2ccc(F)cc2)c(C)c1. The van der Waals surface area contributed by atoms with Crippen LogP contribution >= 0.6 is 0 Å². The summed E-state index contributed by atoms with van der Waals surface area (Å²) >= 11 is 0. The van der Waals surface area contributed by atoms with Gasteiger partial charge in [-0.15, -0.1) is 0 Å². The van der Waals surface area contributed by atoms with Crippen LogP contribution in [0.1, 0.15) is 17.0 Å². The first kappa shape index (κ1) is 17.7. The van der Waals surface area contributed by atoms with E-state index in [2.05, 4.69) is 16.0 Å². The maximum atomic E-state index is 12.9. The van der Waals surface area contributed by atoms with Gasteiger partial charge >= 0.3 is 6.03 Å². The van der Waals surface area contributed by atoms with Gasteiger partial charge in [0.15, 0.2) is 0 Å². The zero-order valence-electron chi connectivity index (χ0n) is 14.5. The number of hydrogen-bond donors (Lipinski definition) is 3. The van der Waals surface area contributed by atoms with E-state index in [9.17, 15) is 14.0 Å². The Morgan fingerprint density at radius 1 is 1.23 bits per heavy atom. The molecule has 2 aromatic rings. The molecule has 6 nitrogen and oxygen atoms in total. The predicted octanol–water partition coefficient (Wildman–Crippen LogP) is 2.55. The molecule has 3 rings (SSSR count). The molecule has 1 fully saturated rings. The highest BCUT2D eigenvalue weighted by atomic mass is 19.1. The van der Waals surface area contributed by atoms with E-state index >= 15 is 0 Å². The molecule has 26 heavy (non-hydrogen) atoms. The number of aryl methyl sites for hydroxylation is 1. The molecule has 3 amide bonds. The standard InChI is InChI=1S/C19H20FN3O3/c1-11-9-14(26-2)7-8-15(11)16-10-21-18(24)17(16)23-19(25)22-13-5-3-12(20)4-6-13/h3-9,16-17H,10H2,1-2H3,(H,21,24)(H2,22,23,25)/t16-,17-/m0/s1. The quantitative estimate of drug-likeness (QED) is 0.787. The average molecular weight is 357 g/mol. The van der Waals surface area contributed by atoms with Crippen molar-refractivity contribution in [2.75, 3.05) is 19.0 Å². The minimum absolute atomic E-state index is 0.188. The summed E-state index contributed by atoms with van der Waals surface area (Å²) in [6.45, 7) is 2.38. The first-order chi connectivity index (χ1) is 12.5. The van der Waals surface area contributed by atoms with Gasteiger partial charge in [0.1, 0.15) is 17.6 Å². The van der Waals surface area contributed by atoms with Crippen molar-refractivity contribution in [3.8, 4) is 5.75 Å². The molecule has 1 aliphatic rings. The molecule has 0 unspecified atom stereocenters. The van der Waals surface area contributed by atoms with E-state index in [-0.39, 0.29) is 17.6 Å². The first-order valence-corrected chi connectivity index (χ1v) is 8.23. The van der Waals surface area contributed by atoms with Gasteiger partial charge < -0.3 is 20.7 Å². The fourth-order valence-electron chi connectivity index (χ4n) is 3.11. The lowest BCUT2D eigenvalue weighted by molar-refractivity contribution is -0.120. The summed E-state index contributed by atoms with van der Waals surface area (Å²) in [5.41, 5.74) is 2.40. The number of amides is 3. The van der Waals surface area contributed by atoms with Crippen LogP contribution in [0.2, 0.25) is 0 Å². The lowest BCUT2D eigenvalue weighted by Crippen LogP contribution is -2.44. The van der Waals surface area contributed by atoms with Crippen molar-refractivity contribution in [1.29, 1.82) is 0 Å². The number of urea groups is 1. The largest absolute Gasteiger partial charge is 0.497 e. The predicted molar refractivity (Wildman–Crippen MR) is 95.8 cm³/mol. The number of nitrogens with one attached hydrogen (secondary N) is 3. The molecule has 136 valence electrons. The van der Waals surface area contributed by atoms with Gasteiger partial charge in [0, 0.05) is 18.2 Å². The van der Waals surface area contributed by atoms with Crippen LogP contribution in [-0.2, 0) is 4.79 Å². The van der Waals surface area contributed by atoms with Crippen LogP contribution in [0, 0.1) is 12.7 Å². The number of methoxy groups -OCH3 is 1. The van der Waals surface area contributed by atoms with Crippen molar-refractivity contribution in [3.63, 3.8) is 0 Å². The lowest BCUT2D eigenvalue weighted by Gasteiger charge is -2.21. The molecule has 0 spiro atoms. The number of carbonyl (C=O) groups excluding carboxylic acids is 2. The summed E-state index contributed by atoms with van der Waals surface area (Å²) in [6, 6.07) is 9.84. The molecule has 1 heterocycles. The Balaban J connectivity index is 1.73. The third-order valence-corrected chi connectivity index (χ3v) is 4.45. The zero-order chi connectivity index (χ0) is 18.7. The maximum Gasteiger partial charge on any atom is 0.319 e. The Kier molecular flexibility index (Phi) is 5.06. The van der Waals surface area contributed by atoms with Gasteiger partial charge in [-0.3, -0.25) is 4.79 Å². The molecule has 0 radical (unpaired) electrons. The molecule has 1 aliphatic heterocycles. The minimum atomic E-state index is -0.692. The van der Waals surface area contributed by atoms with Gasteiger partial charge in [-0.05, 0) is 54.4 Å². The van der Waals surface area contributed by atoms with Crippen LogP contribution in [0.4, 0.5) is 14.9 Å². The molecule has 2 atom stereocenters. The van der Waals surface area contributed by atoms with Crippen LogP contribution in [0.3, 0.4) is 0 Å². The molecular weight excluding hydrogens is 337 g/mol. The lowest BCUT2D eigenvalue weighted by atomic mass is 9.90. The highest BCUT2D eigenvalue weighted by Gasteiger charge is 2.37. The second kappa shape index (κ2) is 7.43. The molecule has 0 bridgehead atoms. The highest BCUT2D eigenvalue weighted by Crippen LogP contribution is 2.29. The van der Waals surface area contributed by atoms with E-state index in [1.54, 1.807) is 7.11 Å². The summed E-state index contributed by atoms with van der Waals surface area (Å²) < 4.78 is 18.2. The second-order valence-electron chi connectivity index (χ2n) is 6.16. The summed E-state index contributed by atoms with van der Waals surface area (Å²) in [5.74, 6) is -0.0740. The molecule has 1 saturated heterocycles. The minimum Gasteiger partial charge on any atom is -0.497 e. The number of carbonyl (C=O) groups is 2. The molecule has 0 aliphatic carbocycles. The average Bonchev–Trinajstić information content (AvgIpc) is 2.97. The molecule has 2 aromatic carbocycles. The Labute approximate surface area is 150 Å². The van der Waals surface area contributed by atoms with E-state index in [1.165, 1.54) is 24.3 Å². The van der Waals surface area contributed by atoms with E-state index in [4.69, 9.17) is 4.74 Å². The van der Waals surface area contributed by atoms with Gasteiger partial charge in [0.2, 0.25) is 5.91 Å². The Bertz CT molecular complexity index is 823. The number of ether oxygens (including phenoxy) is 1. The van der Waals surface area contributed by atoms with E-state index in [0.717, 1.165) is 16.9 Å². The first-order valence-electron chi connectivity index (χ1n) is 8.23. The van der Waals surface area contributed by atoms with Crippen LogP contribution in [0.25, 0.3) is 0 Å². The van der Waals surface area contributed by atoms with Gasteiger partial charge in [-0.2, -0.15) is 0 Å². The van der Waals surface area contributed by atoms with E-state index < -0.39 is 12.1 Å². The summed E-state index contributed by atoms with van der Waals surface area (Å²) in [7, 11) is 1.60. The summed E-state index contributed by atoms with van der Waals surface area (Å²) in [5, 5.41) is 8.10. The Morgan fingerprint density at radius 3 is 2.62 bits per heavy atom. The van der Waals surface area contributed by atoms with Crippen molar-refractivity contribution >= 4 is 17.6 Å². The van der Waals surface area contributed by atoms with Crippen LogP contribution in [0.5, 0.6) is 5.75 Å².